The van der Waals surface area contributed by atoms with Crippen molar-refractivity contribution in [3.05, 3.63) is 60.2 Å². The van der Waals surface area contributed by atoms with Crippen molar-refractivity contribution in [2.45, 2.75) is 23.9 Å². The first-order chi connectivity index (χ1) is 8.88. The van der Waals surface area contributed by atoms with Crippen LogP contribution in [0.3, 0.4) is 0 Å². The molecule has 19 heavy (non-hydrogen) atoms. The summed E-state index contributed by atoms with van der Waals surface area (Å²) in [6, 6.07) is 13.7. The van der Waals surface area contributed by atoms with Gasteiger partial charge in [-0.15, -0.1) is 0 Å². The molecule has 0 bridgehead atoms. The van der Waals surface area contributed by atoms with E-state index in [0.29, 0.717) is 0 Å². The topological polar surface area (TPSA) is 0 Å². The Kier molecular flexibility index (Phi) is 4.34. The van der Waals surface area contributed by atoms with Crippen LogP contribution in [0.2, 0.25) is 3.17 Å². The van der Waals surface area contributed by atoms with Gasteiger partial charge >= 0.3 is 121 Å². The average molecular weight is 362 g/mol. The number of benzene rings is 2. The average Bonchev–Trinajstić information content (AvgIpc) is 2.33. The van der Waals surface area contributed by atoms with E-state index in [1.54, 1.807) is 0 Å². The van der Waals surface area contributed by atoms with Crippen LogP contribution in [-0.2, 0) is 0 Å². The Bertz CT molecular complexity index is 493. The minimum atomic E-state index is -2.34. The Morgan fingerprint density at radius 3 is 1.26 bits per heavy atom. The van der Waals surface area contributed by atoms with Gasteiger partial charge in [-0.1, -0.05) is 0 Å². The Balaban J connectivity index is 2.47. The van der Waals surface area contributed by atoms with Gasteiger partial charge in [0.1, 0.15) is 0 Å². The minimum absolute atomic E-state index is 0.178. The first-order valence-electron chi connectivity index (χ1n) is 6.39. The molecule has 0 radical (unpaired) electrons. The van der Waals surface area contributed by atoms with Gasteiger partial charge in [0.15, 0.2) is 0 Å². The fourth-order valence-electron chi connectivity index (χ4n) is 2.50. The van der Waals surface area contributed by atoms with Crippen LogP contribution in [0.15, 0.2) is 48.5 Å². The second kappa shape index (κ2) is 5.66. The molecule has 0 unspecified atom stereocenters. The van der Waals surface area contributed by atoms with Gasteiger partial charge in [-0.25, -0.2) is 0 Å². The third-order valence-corrected chi connectivity index (χ3v) is 14.2. The van der Waals surface area contributed by atoms with Crippen LogP contribution in [0.4, 0.5) is 8.78 Å². The van der Waals surface area contributed by atoms with Crippen molar-refractivity contribution in [1.29, 1.82) is 0 Å². The maximum atomic E-state index is 13.1. The van der Waals surface area contributed by atoms with Gasteiger partial charge < -0.3 is 0 Å². The molecule has 3 heteroatoms. The van der Waals surface area contributed by atoms with Crippen molar-refractivity contribution in [1.82, 2.24) is 0 Å². The molecule has 0 fully saturated rings. The monoisotopic (exact) mass is 362 g/mol. The summed E-state index contributed by atoms with van der Waals surface area (Å²) >= 11 is -2.34. The number of rotatable bonds is 2. The van der Waals surface area contributed by atoms with Crippen LogP contribution in [0.25, 0.3) is 0 Å². The molecule has 0 aliphatic carbocycles. The summed E-state index contributed by atoms with van der Waals surface area (Å²) in [5.74, 6) is -0.413. The molecule has 0 heterocycles. The summed E-state index contributed by atoms with van der Waals surface area (Å²) in [6.07, 6.45) is 0. The quantitative estimate of drug-likeness (QED) is 0.769. The van der Waals surface area contributed by atoms with Crippen molar-refractivity contribution >= 4 is 28.1 Å². The molecule has 0 aliphatic rings. The maximum absolute atomic E-state index is 13.1. The molecule has 2 aromatic rings. The molecule has 0 atom stereocenters. The van der Waals surface area contributed by atoms with Gasteiger partial charge in [-0.05, 0) is 0 Å². The fourth-order valence-corrected chi connectivity index (χ4v) is 12.6. The summed E-state index contributed by atoms with van der Waals surface area (Å²) < 4.78 is 28.8. The molecule has 0 spiro atoms. The molecule has 0 N–H and O–H groups in total. The van der Waals surface area contributed by atoms with E-state index >= 15 is 0 Å². The van der Waals surface area contributed by atoms with E-state index in [2.05, 4.69) is 20.8 Å². The molecule has 0 aliphatic heterocycles. The number of halogens is 2. The van der Waals surface area contributed by atoms with Gasteiger partial charge in [0.05, 0.1) is 0 Å². The first kappa shape index (κ1) is 14.6. The molecule has 0 saturated heterocycles. The molecule has 0 saturated carbocycles. The van der Waals surface area contributed by atoms with Crippen LogP contribution in [-0.4, -0.2) is 21.4 Å². The SMILES string of the molecule is C[C](C)(C)[In]([c]1ccc(F)cc1)[c]1ccc(F)cc1. The fraction of sp³-hybridized carbons (Fsp3) is 0.250. The van der Waals surface area contributed by atoms with Gasteiger partial charge in [0.2, 0.25) is 0 Å². The summed E-state index contributed by atoms with van der Waals surface area (Å²) in [4.78, 5) is 0. The van der Waals surface area contributed by atoms with Crippen LogP contribution in [0.1, 0.15) is 20.8 Å². The molecule has 2 rings (SSSR count). The molecule has 0 nitrogen and oxygen atoms in total. The van der Waals surface area contributed by atoms with Gasteiger partial charge in [-0.3, -0.25) is 0 Å². The van der Waals surface area contributed by atoms with E-state index < -0.39 is 21.4 Å². The zero-order chi connectivity index (χ0) is 14.0. The molecule has 0 aromatic heterocycles. The van der Waals surface area contributed by atoms with Crippen molar-refractivity contribution in [2.24, 2.45) is 0 Å². The molecule has 2 aromatic carbocycles. The Hall–Kier alpha value is -0.830. The van der Waals surface area contributed by atoms with Crippen LogP contribution < -0.4 is 6.64 Å². The third kappa shape index (κ3) is 3.59. The van der Waals surface area contributed by atoms with Crippen LogP contribution in [0.5, 0.6) is 0 Å². The summed E-state index contributed by atoms with van der Waals surface area (Å²) in [6.45, 7) is 6.67. The number of hydrogen-bond acceptors (Lipinski definition) is 0. The standard InChI is InChI=1S/2C6H4F.C4H9.In/c2*7-6-4-2-1-3-5-6;1-4(2)3;/h2*2-5H;1-3H3;. The Morgan fingerprint density at radius 2 is 1.00 bits per heavy atom. The van der Waals surface area contributed by atoms with E-state index in [4.69, 9.17) is 0 Å². The molecule has 98 valence electrons. The zero-order valence-corrected chi connectivity index (χ0v) is 14.7. The summed E-state index contributed by atoms with van der Waals surface area (Å²) in [5, 5.41) is 0. The van der Waals surface area contributed by atoms with E-state index in [1.165, 1.54) is 30.9 Å². The predicted molar refractivity (Wildman–Crippen MR) is 77.5 cm³/mol. The van der Waals surface area contributed by atoms with E-state index in [9.17, 15) is 8.78 Å². The van der Waals surface area contributed by atoms with E-state index in [0.717, 1.165) is 0 Å². The van der Waals surface area contributed by atoms with Crippen molar-refractivity contribution in [3.63, 3.8) is 0 Å². The summed E-state index contributed by atoms with van der Waals surface area (Å²) in [7, 11) is 0. The molecular formula is C16H17F2In. The van der Waals surface area contributed by atoms with Crippen LogP contribution >= 0.6 is 0 Å². The Labute approximate surface area is 121 Å². The van der Waals surface area contributed by atoms with Gasteiger partial charge in [-0.2, -0.15) is 0 Å². The third-order valence-electron chi connectivity index (χ3n) is 3.27. The van der Waals surface area contributed by atoms with Gasteiger partial charge in [0.25, 0.3) is 0 Å². The van der Waals surface area contributed by atoms with Crippen LogP contribution in [0, 0.1) is 11.6 Å². The molecular weight excluding hydrogens is 345 g/mol. The zero-order valence-electron chi connectivity index (χ0n) is 11.5. The van der Waals surface area contributed by atoms with E-state index in [1.807, 2.05) is 24.3 Å². The second-order valence-electron chi connectivity index (χ2n) is 5.90. The van der Waals surface area contributed by atoms with Crippen molar-refractivity contribution < 1.29 is 8.78 Å². The normalized spacial score (nSPS) is 11.4. The summed E-state index contributed by atoms with van der Waals surface area (Å²) in [5.41, 5.74) is 0. The Morgan fingerprint density at radius 1 is 0.684 bits per heavy atom. The van der Waals surface area contributed by atoms with Gasteiger partial charge in [0, 0.05) is 0 Å². The van der Waals surface area contributed by atoms with Crippen molar-refractivity contribution in [3.8, 4) is 0 Å². The van der Waals surface area contributed by atoms with Crippen molar-refractivity contribution in [2.75, 3.05) is 0 Å². The predicted octanol–water partition coefficient (Wildman–Crippen LogP) is 3.37. The van der Waals surface area contributed by atoms with E-state index in [-0.39, 0.29) is 14.8 Å². The number of hydrogen-bond donors (Lipinski definition) is 0. The second-order valence-corrected chi connectivity index (χ2v) is 17.1. The molecule has 0 amide bonds. The first-order valence-corrected chi connectivity index (χ1v) is 11.3.